The summed E-state index contributed by atoms with van der Waals surface area (Å²) in [6.45, 7) is -0.331. The number of halogens is 3. The highest BCUT2D eigenvalue weighted by atomic mass is 32.2. The number of rotatable bonds is 0. The van der Waals surface area contributed by atoms with Gasteiger partial charge in [0.1, 0.15) is 0 Å². The zero-order valence-corrected chi connectivity index (χ0v) is 8.79. The summed E-state index contributed by atoms with van der Waals surface area (Å²) in [5.41, 5.74) is 0. The lowest BCUT2D eigenvalue weighted by Gasteiger charge is -2.39. The molecule has 0 amide bonds. The van der Waals surface area contributed by atoms with Crippen molar-refractivity contribution in [3.63, 3.8) is 0 Å². The van der Waals surface area contributed by atoms with Gasteiger partial charge in [0, 0.05) is 12.5 Å². The summed E-state index contributed by atoms with van der Waals surface area (Å²) >= 11 is 0. The van der Waals surface area contributed by atoms with Gasteiger partial charge in [-0.1, -0.05) is 0 Å². The second kappa shape index (κ2) is 3.10. The molecule has 2 saturated heterocycles. The predicted molar refractivity (Wildman–Crippen MR) is 48.2 cm³/mol. The molecule has 88 valence electrons. The number of alkyl halides is 3. The minimum absolute atomic E-state index is 0.152. The fourth-order valence-electron chi connectivity index (χ4n) is 2.65. The van der Waals surface area contributed by atoms with E-state index in [0.29, 0.717) is 12.8 Å². The van der Waals surface area contributed by atoms with Crippen molar-refractivity contribution >= 4 is 9.84 Å². The van der Waals surface area contributed by atoms with E-state index < -0.39 is 33.2 Å². The second-order valence-corrected chi connectivity index (χ2v) is 6.54. The van der Waals surface area contributed by atoms with E-state index in [1.54, 1.807) is 0 Å². The van der Waals surface area contributed by atoms with Crippen LogP contribution in [0.2, 0.25) is 0 Å². The zero-order valence-electron chi connectivity index (χ0n) is 7.97. The maximum atomic E-state index is 13.0. The van der Waals surface area contributed by atoms with Gasteiger partial charge in [-0.25, -0.2) is 8.42 Å². The summed E-state index contributed by atoms with van der Waals surface area (Å²) in [6.07, 6.45) is -3.99. The van der Waals surface area contributed by atoms with E-state index in [1.807, 2.05) is 0 Å². The lowest BCUT2D eigenvalue weighted by molar-refractivity contribution is -0.167. The van der Waals surface area contributed by atoms with Crippen molar-refractivity contribution < 1.29 is 21.6 Å². The van der Waals surface area contributed by atoms with Gasteiger partial charge in [0.25, 0.3) is 0 Å². The van der Waals surface area contributed by atoms with Crippen LogP contribution in [0.5, 0.6) is 0 Å². The maximum absolute atomic E-state index is 13.0. The summed E-state index contributed by atoms with van der Waals surface area (Å²) in [5, 5.41) is 2.57. The van der Waals surface area contributed by atoms with E-state index in [9.17, 15) is 21.6 Å². The summed E-state index contributed by atoms with van der Waals surface area (Å²) in [6, 6.07) is 0. The van der Waals surface area contributed by atoms with E-state index in [-0.39, 0.29) is 12.3 Å². The molecule has 15 heavy (non-hydrogen) atoms. The van der Waals surface area contributed by atoms with Crippen LogP contribution < -0.4 is 5.32 Å². The Balaban J connectivity index is 2.55. The van der Waals surface area contributed by atoms with Crippen molar-refractivity contribution in [2.75, 3.05) is 18.8 Å². The Morgan fingerprint density at radius 3 is 2.53 bits per heavy atom. The first-order valence-electron chi connectivity index (χ1n) is 4.81. The van der Waals surface area contributed by atoms with E-state index in [1.165, 1.54) is 0 Å². The molecule has 0 radical (unpaired) electrons. The first-order valence-corrected chi connectivity index (χ1v) is 6.46. The van der Waals surface area contributed by atoms with Crippen molar-refractivity contribution in [3.05, 3.63) is 0 Å². The van der Waals surface area contributed by atoms with Crippen LogP contribution in [0.4, 0.5) is 13.2 Å². The molecule has 0 aromatic rings. The predicted octanol–water partition coefficient (Wildman–Crippen LogP) is 0.716. The van der Waals surface area contributed by atoms with Gasteiger partial charge >= 0.3 is 6.18 Å². The summed E-state index contributed by atoms with van der Waals surface area (Å²) < 4.78 is 59.7. The first-order chi connectivity index (χ1) is 6.81. The van der Waals surface area contributed by atoms with Crippen molar-refractivity contribution in [2.24, 2.45) is 5.92 Å². The third-order valence-corrected chi connectivity index (χ3v) is 6.08. The van der Waals surface area contributed by atoms with Gasteiger partial charge in [0.05, 0.1) is 5.75 Å². The second-order valence-electron chi connectivity index (χ2n) is 4.18. The Bertz CT molecular complexity index is 365. The SMILES string of the molecule is O=S1(=O)CCCC2CNCC21C(F)(F)F. The van der Waals surface area contributed by atoms with Gasteiger partial charge in [0.2, 0.25) is 0 Å². The molecule has 0 bridgehead atoms. The quantitative estimate of drug-likeness (QED) is 0.681. The summed E-state index contributed by atoms with van der Waals surface area (Å²) in [7, 11) is -4.07. The molecule has 2 fully saturated rings. The lowest BCUT2D eigenvalue weighted by atomic mass is 9.90. The minimum atomic E-state index is -4.67. The standard InChI is InChI=1S/C8H12F3NO2S/c9-8(10,11)7-5-12-4-6(7)2-1-3-15(7,13)14/h6,12H,1-5H2. The molecule has 2 aliphatic rings. The molecule has 0 aliphatic carbocycles. The fourth-order valence-corrected chi connectivity index (χ4v) is 4.94. The molecule has 2 heterocycles. The molecule has 0 saturated carbocycles. The van der Waals surface area contributed by atoms with Crippen LogP contribution in [0.25, 0.3) is 0 Å². The number of fused-ring (bicyclic) bond motifs is 1. The Hall–Kier alpha value is -0.300. The topological polar surface area (TPSA) is 46.2 Å². The maximum Gasteiger partial charge on any atom is 0.409 e. The molecular formula is C8H12F3NO2S. The number of hydrogen-bond acceptors (Lipinski definition) is 3. The van der Waals surface area contributed by atoms with Crippen molar-refractivity contribution in [1.29, 1.82) is 0 Å². The van der Waals surface area contributed by atoms with E-state index in [0.717, 1.165) is 0 Å². The van der Waals surface area contributed by atoms with Crippen LogP contribution in [0.15, 0.2) is 0 Å². The third-order valence-electron chi connectivity index (χ3n) is 3.44. The fraction of sp³-hybridized carbons (Fsp3) is 1.00. The largest absolute Gasteiger partial charge is 0.409 e. The summed E-state index contributed by atoms with van der Waals surface area (Å²) in [5.74, 6) is -1.15. The molecule has 1 N–H and O–H groups in total. The van der Waals surface area contributed by atoms with Crippen LogP contribution in [-0.4, -0.2) is 38.2 Å². The molecule has 2 aliphatic heterocycles. The van der Waals surface area contributed by atoms with Crippen molar-refractivity contribution in [2.45, 2.75) is 23.8 Å². The Kier molecular flexibility index (Phi) is 2.31. The number of nitrogens with one attached hydrogen (secondary N) is 1. The van der Waals surface area contributed by atoms with Crippen LogP contribution in [0, 0.1) is 5.92 Å². The Labute approximate surface area is 86.0 Å². The summed E-state index contributed by atoms with van der Waals surface area (Å²) in [4.78, 5) is 0. The Morgan fingerprint density at radius 2 is 2.00 bits per heavy atom. The van der Waals surface area contributed by atoms with Gasteiger partial charge in [-0.05, 0) is 19.4 Å². The molecule has 3 nitrogen and oxygen atoms in total. The molecular weight excluding hydrogens is 231 g/mol. The molecule has 2 rings (SSSR count). The van der Waals surface area contributed by atoms with Crippen LogP contribution in [-0.2, 0) is 9.84 Å². The zero-order chi connectivity index (χ0) is 11.3. The normalized spacial score (nSPS) is 40.1. The van der Waals surface area contributed by atoms with Gasteiger partial charge in [-0.15, -0.1) is 0 Å². The van der Waals surface area contributed by atoms with Gasteiger partial charge in [-0.2, -0.15) is 13.2 Å². The number of hydrogen-bond donors (Lipinski definition) is 1. The molecule has 0 spiro atoms. The molecule has 2 atom stereocenters. The van der Waals surface area contributed by atoms with Gasteiger partial charge in [0.15, 0.2) is 14.6 Å². The number of sulfone groups is 1. The molecule has 7 heteroatoms. The van der Waals surface area contributed by atoms with E-state index in [4.69, 9.17) is 0 Å². The average molecular weight is 243 g/mol. The van der Waals surface area contributed by atoms with Gasteiger partial charge < -0.3 is 5.32 Å². The minimum Gasteiger partial charge on any atom is -0.314 e. The highest BCUT2D eigenvalue weighted by molar-refractivity contribution is 7.93. The molecule has 2 unspecified atom stereocenters. The van der Waals surface area contributed by atoms with Gasteiger partial charge in [-0.3, -0.25) is 0 Å². The van der Waals surface area contributed by atoms with Crippen molar-refractivity contribution in [1.82, 2.24) is 5.32 Å². The van der Waals surface area contributed by atoms with Crippen molar-refractivity contribution in [3.8, 4) is 0 Å². The van der Waals surface area contributed by atoms with E-state index >= 15 is 0 Å². The molecule has 0 aromatic carbocycles. The van der Waals surface area contributed by atoms with E-state index in [2.05, 4.69) is 5.32 Å². The molecule has 0 aromatic heterocycles. The smallest absolute Gasteiger partial charge is 0.314 e. The lowest BCUT2D eigenvalue weighted by Crippen LogP contribution is -2.60. The van der Waals surface area contributed by atoms with Crippen LogP contribution in [0.3, 0.4) is 0 Å². The average Bonchev–Trinajstić information content (AvgIpc) is 2.47. The first kappa shape index (κ1) is 11.2. The highest BCUT2D eigenvalue weighted by Gasteiger charge is 2.69. The monoisotopic (exact) mass is 243 g/mol. The highest BCUT2D eigenvalue weighted by Crippen LogP contribution is 2.49. The van der Waals surface area contributed by atoms with Crippen LogP contribution in [0.1, 0.15) is 12.8 Å². The Morgan fingerprint density at radius 1 is 1.33 bits per heavy atom. The third kappa shape index (κ3) is 1.32. The van der Waals surface area contributed by atoms with Crippen LogP contribution >= 0.6 is 0 Å².